The van der Waals surface area contributed by atoms with E-state index in [1.807, 2.05) is 31.1 Å². The standard InChI is InChI=1S/C17H17F3OS.C3H7NO.CH2O/c1-4-13-15(19)14(18)10(2)17(16(13)20)22-9-11-5-7-12(21-3)8-6-11;1-4(2)3-5;1-2/h5-8H,4,9H2,1-3H3;3H,1-2H3;1H2. The molecule has 0 spiro atoms. The van der Waals surface area contributed by atoms with Crippen molar-refractivity contribution in [3.05, 3.63) is 58.4 Å². The zero-order valence-corrected chi connectivity index (χ0v) is 18.0. The molecule has 0 N–H and O–H groups in total. The molecule has 1 amide bonds. The number of amides is 1. The first-order valence-corrected chi connectivity index (χ1v) is 9.57. The van der Waals surface area contributed by atoms with Crippen molar-refractivity contribution in [2.24, 2.45) is 0 Å². The SMILES string of the molecule is C=O.CCc1c(F)c(F)c(C)c(SCc2ccc(OC)cc2)c1F.CN(C)C=O. The normalized spacial score (nSPS) is 9.52. The Bertz CT molecular complexity index is 784. The average molecular weight is 430 g/mol. The Balaban J connectivity index is 0.000000977. The van der Waals surface area contributed by atoms with E-state index in [0.717, 1.165) is 17.7 Å². The molecule has 4 nitrogen and oxygen atoms in total. The average Bonchev–Trinajstić information content (AvgIpc) is 2.75. The largest absolute Gasteiger partial charge is 0.497 e. The third-order valence-corrected chi connectivity index (χ3v) is 4.95. The maximum Gasteiger partial charge on any atom is 0.209 e. The summed E-state index contributed by atoms with van der Waals surface area (Å²) in [5, 5.41) is 0. The van der Waals surface area contributed by atoms with Gasteiger partial charge < -0.3 is 14.4 Å². The van der Waals surface area contributed by atoms with Gasteiger partial charge in [0, 0.05) is 35.9 Å². The van der Waals surface area contributed by atoms with Crippen LogP contribution in [0.2, 0.25) is 0 Å². The highest BCUT2D eigenvalue weighted by Gasteiger charge is 2.21. The van der Waals surface area contributed by atoms with E-state index in [-0.39, 0.29) is 22.4 Å². The van der Waals surface area contributed by atoms with E-state index in [1.54, 1.807) is 28.1 Å². The Labute approximate surface area is 174 Å². The summed E-state index contributed by atoms with van der Waals surface area (Å²) in [5.74, 6) is -1.49. The molecule has 0 aromatic heterocycles. The maximum absolute atomic E-state index is 14.3. The van der Waals surface area contributed by atoms with Gasteiger partial charge in [0.1, 0.15) is 18.4 Å². The maximum atomic E-state index is 14.3. The van der Waals surface area contributed by atoms with E-state index in [4.69, 9.17) is 9.53 Å². The first kappa shape index (κ1) is 26.5. The molecule has 0 aliphatic heterocycles. The summed E-state index contributed by atoms with van der Waals surface area (Å²) >= 11 is 1.17. The van der Waals surface area contributed by atoms with Crippen molar-refractivity contribution in [1.82, 2.24) is 4.90 Å². The molecular formula is C21H26F3NO3S. The minimum Gasteiger partial charge on any atom is -0.497 e. The monoisotopic (exact) mass is 429 g/mol. The number of carbonyl (C=O) groups is 2. The van der Waals surface area contributed by atoms with Crippen LogP contribution in [0.25, 0.3) is 0 Å². The number of thioether (sulfide) groups is 1. The molecule has 2 rings (SSSR count). The van der Waals surface area contributed by atoms with Gasteiger partial charge in [-0.3, -0.25) is 4.79 Å². The number of nitrogens with zero attached hydrogens (tertiary/aromatic N) is 1. The second kappa shape index (κ2) is 13.7. The van der Waals surface area contributed by atoms with Crippen LogP contribution in [0, 0.1) is 24.4 Å². The Morgan fingerprint density at radius 2 is 1.59 bits per heavy atom. The molecular weight excluding hydrogens is 403 g/mol. The highest BCUT2D eigenvalue weighted by molar-refractivity contribution is 7.98. The first-order valence-electron chi connectivity index (χ1n) is 8.58. The van der Waals surface area contributed by atoms with E-state index in [0.29, 0.717) is 5.75 Å². The third kappa shape index (κ3) is 7.81. The van der Waals surface area contributed by atoms with Crippen molar-refractivity contribution in [2.75, 3.05) is 21.2 Å². The van der Waals surface area contributed by atoms with Crippen LogP contribution in [0.4, 0.5) is 13.2 Å². The quantitative estimate of drug-likeness (QED) is 0.376. The van der Waals surface area contributed by atoms with Gasteiger partial charge in [0.2, 0.25) is 6.41 Å². The third-order valence-electron chi connectivity index (χ3n) is 3.70. The van der Waals surface area contributed by atoms with Gasteiger partial charge in [-0.15, -0.1) is 11.8 Å². The molecule has 2 aromatic carbocycles. The lowest BCUT2D eigenvalue weighted by Crippen LogP contribution is -2.06. The van der Waals surface area contributed by atoms with Crippen molar-refractivity contribution >= 4 is 25.0 Å². The highest BCUT2D eigenvalue weighted by Crippen LogP contribution is 2.34. The molecule has 29 heavy (non-hydrogen) atoms. The highest BCUT2D eigenvalue weighted by atomic mass is 32.2. The van der Waals surface area contributed by atoms with Crippen LogP contribution in [-0.4, -0.2) is 39.3 Å². The Morgan fingerprint density at radius 3 is 2.00 bits per heavy atom. The van der Waals surface area contributed by atoms with E-state index in [2.05, 4.69) is 0 Å². The molecule has 0 bridgehead atoms. The summed E-state index contributed by atoms with van der Waals surface area (Å²) < 4.78 is 47.0. The molecule has 2 aromatic rings. The summed E-state index contributed by atoms with van der Waals surface area (Å²) in [6.07, 6.45) is 0.866. The Kier molecular flexibility index (Phi) is 12.5. The lowest BCUT2D eigenvalue weighted by molar-refractivity contribution is -0.115. The van der Waals surface area contributed by atoms with Gasteiger partial charge in [0.25, 0.3) is 0 Å². The number of ether oxygens (including phenoxy) is 1. The molecule has 0 radical (unpaired) electrons. The molecule has 0 heterocycles. The summed E-state index contributed by atoms with van der Waals surface area (Å²) in [4.78, 5) is 19.0. The number of halogens is 3. The molecule has 0 unspecified atom stereocenters. The van der Waals surface area contributed by atoms with Crippen LogP contribution >= 0.6 is 11.8 Å². The molecule has 0 aliphatic carbocycles. The van der Waals surface area contributed by atoms with Crippen LogP contribution in [0.1, 0.15) is 23.6 Å². The molecule has 160 valence electrons. The van der Waals surface area contributed by atoms with Gasteiger partial charge in [0.05, 0.1) is 7.11 Å². The number of methoxy groups -OCH3 is 1. The fourth-order valence-electron chi connectivity index (χ4n) is 2.15. The number of rotatable bonds is 6. The van der Waals surface area contributed by atoms with E-state index in [9.17, 15) is 18.0 Å². The zero-order valence-electron chi connectivity index (χ0n) is 17.2. The second-order valence-electron chi connectivity index (χ2n) is 5.93. The van der Waals surface area contributed by atoms with Crippen molar-refractivity contribution in [1.29, 1.82) is 0 Å². The van der Waals surface area contributed by atoms with Crippen LogP contribution in [0.5, 0.6) is 5.75 Å². The Hall–Kier alpha value is -2.48. The minimum atomic E-state index is -1.08. The molecule has 8 heteroatoms. The summed E-state index contributed by atoms with van der Waals surface area (Å²) in [6.45, 7) is 5.01. The van der Waals surface area contributed by atoms with Gasteiger partial charge in [-0.2, -0.15) is 0 Å². The topological polar surface area (TPSA) is 46.6 Å². The summed E-state index contributed by atoms with van der Waals surface area (Å²) in [7, 11) is 4.95. The van der Waals surface area contributed by atoms with Crippen LogP contribution in [-0.2, 0) is 21.8 Å². The number of carbonyl (C=O) groups excluding carboxylic acids is 2. The molecule has 0 saturated carbocycles. The van der Waals surface area contributed by atoms with E-state index in [1.165, 1.54) is 23.6 Å². The molecule has 0 atom stereocenters. The Morgan fingerprint density at radius 1 is 1.07 bits per heavy atom. The van der Waals surface area contributed by atoms with Gasteiger partial charge in [-0.05, 0) is 31.0 Å². The minimum absolute atomic E-state index is 0.0192. The van der Waals surface area contributed by atoms with E-state index < -0.39 is 17.5 Å². The van der Waals surface area contributed by atoms with Crippen LogP contribution in [0.15, 0.2) is 29.2 Å². The van der Waals surface area contributed by atoms with Crippen molar-refractivity contribution in [3.8, 4) is 5.75 Å². The predicted octanol–water partition coefficient (Wildman–Crippen LogP) is 4.80. The van der Waals surface area contributed by atoms with Crippen LogP contribution in [0.3, 0.4) is 0 Å². The smallest absolute Gasteiger partial charge is 0.209 e. The van der Waals surface area contributed by atoms with Gasteiger partial charge in [-0.1, -0.05) is 19.1 Å². The van der Waals surface area contributed by atoms with E-state index >= 15 is 0 Å². The molecule has 0 aliphatic rings. The fraction of sp³-hybridized carbons (Fsp3) is 0.333. The van der Waals surface area contributed by atoms with Crippen LogP contribution < -0.4 is 4.74 Å². The number of benzene rings is 2. The lowest BCUT2D eigenvalue weighted by atomic mass is 10.1. The predicted molar refractivity (Wildman–Crippen MR) is 110 cm³/mol. The lowest BCUT2D eigenvalue weighted by Gasteiger charge is -2.13. The molecule has 0 fully saturated rings. The first-order chi connectivity index (χ1) is 13.8. The van der Waals surface area contributed by atoms with Crippen molar-refractivity contribution in [3.63, 3.8) is 0 Å². The van der Waals surface area contributed by atoms with Crippen molar-refractivity contribution < 1.29 is 27.5 Å². The van der Waals surface area contributed by atoms with Gasteiger partial charge >= 0.3 is 0 Å². The van der Waals surface area contributed by atoms with Crippen molar-refractivity contribution in [2.45, 2.75) is 30.9 Å². The number of hydrogen-bond donors (Lipinski definition) is 0. The fourth-order valence-corrected chi connectivity index (χ4v) is 3.21. The molecule has 0 saturated heterocycles. The van der Waals surface area contributed by atoms with Gasteiger partial charge in [0.15, 0.2) is 11.6 Å². The zero-order chi connectivity index (χ0) is 22.6. The number of hydrogen-bond acceptors (Lipinski definition) is 4. The summed E-state index contributed by atoms with van der Waals surface area (Å²) in [5.41, 5.74) is 0.776. The van der Waals surface area contributed by atoms with Gasteiger partial charge in [-0.25, -0.2) is 13.2 Å². The second-order valence-corrected chi connectivity index (χ2v) is 6.92. The summed E-state index contributed by atoms with van der Waals surface area (Å²) in [6, 6.07) is 7.34.